The maximum atomic E-state index is 13.7. The average molecular weight is 208 g/mol. The summed E-state index contributed by atoms with van der Waals surface area (Å²) in [6.07, 6.45) is 5.03. The zero-order valence-electron chi connectivity index (χ0n) is 9.26. The molecule has 0 amide bonds. The van der Waals surface area contributed by atoms with Crippen molar-refractivity contribution >= 4 is 0 Å². The van der Waals surface area contributed by atoms with Gasteiger partial charge in [0.1, 0.15) is 5.82 Å². The van der Waals surface area contributed by atoms with Gasteiger partial charge in [0.05, 0.1) is 5.69 Å². The minimum atomic E-state index is -0.522. The summed E-state index contributed by atoms with van der Waals surface area (Å²) in [5, 5.41) is 0. The molecule has 2 rings (SSSR count). The molecule has 1 aliphatic rings. The van der Waals surface area contributed by atoms with Crippen LogP contribution in [0.15, 0.2) is 12.3 Å². The Morgan fingerprint density at radius 1 is 1.47 bits per heavy atom. The van der Waals surface area contributed by atoms with E-state index >= 15 is 0 Å². The summed E-state index contributed by atoms with van der Waals surface area (Å²) >= 11 is 0. The van der Waals surface area contributed by atoms with E-state index in [-0.39, 0.29) is 5.82 Å². The third kappa shape index (κ3) is 2.02. The van der Waals surface area contributed by atoms with Crippen LogP contribution < -0.4 is 5.73 Å². The number of nitrogens with zero attached hydrogens (tertiary/aromatic N) is 1. The number of pyridine rings is 1. The Labute approximate surface area is 89.7 Å². The second-order valence-corrected chi connectivity index (χ2v) is 4.94. The highest BCUT2D eigenvalue weighted by Gasteiger charge is 2.25. The Balaban J connectivity index is 2.30. The molecule has 0 aromatic carbocycles. The van der Waals surface area contributed by atoms with Crippen molar-refractivity contribution in [2.24, 2.45) is 5.73 Å². The summed E-state index contributed by atoms with van der Waals surface area (Å²) in [6.45, 7) is 3.71. The van der Waals surface area contributed by atoms with Gasteiger partial charge in [-0.2, -0.15) is 0 Å². The van der Waals surface area contributed by atoms with E-state index in [1.807, 2.05) is 13.8 Å². The molecule has 0 aliphatic heterocycles. The van der Waals surface area contributed by atoms with E-state index in [1.165, 1.54) is 12.5 Å². The first kappa shape index (κ1) is 10.6. The predicted molar refractivity (Wildman–Crippen MR) is 58.0 cm³/mol. The lowest BCUT2D eigenvalue weighted by Gasteiger charge is -2.26. The van der Waals surface area contributed by atoms with Crippen LogP contribution in [0.3, 0.4) is 0 Å². The first-order valence-corrected chi connectivity index (χ1v) is 5.43. The third-order valence-electron chi connectivity index (χ3n) is 3.11. The third-order valence-corrected chi connectivity index (χ3v) is 3.11. The molecule has 2 nitrogen and oxygen atoms in total. The van der Waals surface area contributed by atoms with Crippen LogP contribution in [0, 0.1) is 5.82 Å². The Morgan fingerprint density at radius 2 is 2.13 bits per heavy atom. The summed E-state index contributed by atoms with van der Waals surface area (Å²) < 4.78 is 13.7. The van der Waals surface area contributed by atoms with Crippen LogP contribution in [-0.2, 0) is 5.54 Å². The fraction of sp³-hybridized carbons (Fsp3) is 0.583. The highest BCUT2D eigenvalue weighted by molar-refractivity contribution is 5.24. The molecule has 1 aromatic rings. The highest BCUT2D eigenvalue weighted by Crippen LogP contribution is 2.36. The summed E-state index contributed by atoms with van der Waals surface area (Å²) in [6, 6.07) is 1.53. The summed E-state index contributed by atoms with van der Waals surface area (Å²) in [5.41, 5.74) is 6.74. The van der Waals surface area contributed by atoms with Crippen LogP contribution >= 0.6 is 0 Å². The molecule has 0 bridgehead atoms. The van der Waals surface area contributed by atoms with Crippen molar-refractivity contribution in [3.05, 3.63) is 29.3 Å². The lowest BCUT2D eigenvalue weighted by Crippen LogP contribution is -2.29. The van der Waals surface area contributed by atoms with Crippen LogP contribution in [0.4, 0.5) is 4.39 Å². The SMILES string of the molecule is CC(C)(N)c1cnc(C2CCC2)c(F)c1. The minimum absolute atomic E-state index is 0.198. The van der Waals surface area contributed by atoms with E-state index in [9.17, 15) is 4.39 Å². The monoisotopic (exact) mass is 208 g/mol. The predicted octanol–water partition coefficient (Wildman–Crippen LogP) is 2.68. The van der Waals surface area contributed by atoms with E-state index < -0.39 is 5.54 Å². The van der Waals surface area contributed by atoms with Gasteiger partial charge < -0.3 is 5.73 Å². The summed E-state index contributed by atoms with van der Waals surface area (Å²) in [4.78, 5) is 4.21. The first-order valence-electron chi connectivity index (χ1n) is 5.43. The first-order chi connectivity index (χ1) is 6.98. The molecule has 1 fully saturated rings. The minimum Gasteiger partial charge on any atom is -0.322 e. The van der Waals surface area contributed by atoms with Crippen LogP contribution in [0.5, 0.6) is 0 Å². The Bertz CT molecular complexity index is 364. The molecule has 0 saturated heterocycles. The normalized spacial score (nSPS) is 17.6. The molecule has 1 aromatic heterocycles. The van der Waals surface area contributed by atoms with Gasteiger partial charge in [-0.1, -0.05) is 6.42 Å². The van der Waals surface area contributed by atoms with E-state index in [2.05, 4.69) is 4.98 Å². The van der Waals surface area contributed by atoms with E-state index in [0.29, 0.717) is 11.6 Å². The molecule has 0 spiro atoms. The maximum Gasteiger partial charge on any atom is 0.145 e. The van der Waals surface area contributed by atoms with Crippen LogP contribution in [0.1, 0.15) is 50.3 Å². The lowest BCUT2D eigenvalue weighted by molar-refractivity contribution is 0.392. The fourth-order valence-corrected chi connectivity index (χ4v) is 1.78. The molecule has 15 heavy (non-hydrogen) atoms. The zero-order valence-corrected chi connectivity index (χ0v) is 9.26. The van der Waals surface area contributed by atoms with Crippen molar-refractivity contribution in [3.63, 3.8) is 0 Å². The van der Waals surface area contributed by atoms with E-state index in [4.69, 9.17) is 5.73 Å². The van der Waals surface area contributed by atoms with Crippen molar-refractivity contribution in [1.82, 2.24) is 4.98 Å². The number of aromatic nitrogens is 1. The van der Waals surface area contributed by atoms with Gasteiger partial charge in [0.15, 0.2) is 0 Å². The standard InChI is InChI=1S/C12H17FN2/c1-12(2,14)9-6-10(13)11(15-7-9)8-4-3-5-8/h6-8H,3-5,14H2,1-2H3. The van der Waals surface area contributed by atoms with Gasteiger partial charge >= 0.3 is 0 Å². The fourth-order valence-electron chi connectivity index (χ4n) is 1.78. The molecular formula is C12H17FN2. The zero-order chi connectivity index (χ0) is 11.1. The molecule has 3 heteroatoms. The molecule has 1 heterocycles. The van der Waals surface area contributed by atoms with Crippen LogP contribution in [-0.4, -0.2) is 4.98 Å². The molecule has 1 aliphatic carbocycles. The van der Waals surface area contributed by atoms with Gasteiger partial charge in [0, 0.05) is 17.7 Å². The van der Waals surface area contributed by atoms with Crippen molar-refractivity contribution in [3.8, 4) is 0 Å². The number of hydrogen-bond acceptors (Lipinski definition) is 2. The Morgan fingerprint density at radius 3 is 2.53 bits per heavy atom. The largest absolute Gasteiger partial charge is 0.322 e. The Kier molecular flexibility index (Phi) is 2.51. The van der Waals surface area contributed by atoms with Gasteiger partial charge in [-0.3, -0.25) is 4.98 Å². The second kappa shape index (κ2) is 3.56. The number of halogens is 1. The van der Waals surface area contributed by atoms with Crippen molar-refractivity contribution in [2.45, 2.75) is 44.6 Å². The van der Waals surface area contributed by atoms with Crippen molar-refractivity contribution in [1.29, 1.82) is 0 Å². The van der Waals surface area contributed by atoms with Crippen molar-refractivity contribution < 1.29 is 4.39 Å². The summed E-state index contributed by atoms with van der Waals surface area (Å²) in [7, 11) is 0. The van der Waals surface area contributed by atoms with Gasteiger partial charge in [-0.15, -0.1) is 0 Å². The molecule has 0 unspecified atom stereocenters. The van der Waals surface area contributed by atoms with E-state index in [1.54, 1.807) is 6.20 Å². The molecular weight excluding hydrogens is 191 g/mol. The number of rotatable bonds is 2. The second-order valence-electron chi connectivity index (χ2n) is 4.94. The van der Waals surface area contributed by atoms with Crippen LogP contribution in [0.2, 0.25) is 0 Å². The van der Waals surface area contributed by atoms with Gasteiger partial charge in [-0.05, 0) is 38.3 Å². The molecule has 1 saturated carbocycles. The molecule has 0 radical (unpaired) electrons. The smallest absolute Gasteiger partial charge is 0.145 e. The summed E-state index contributed by atoms with van der Waals surface area (Å²) in [5.74, 6) is 0.135. The Hall–Kier alpha value is -0.960. The quantitative estimate of drug-likeness (QED) is 0.811. The van der Waals surface area contributed by atoms with E-state index in [0.717, 1.165) is 18.4 Å². The van der Waals surface area contributed by atoms with Gasteiger partial charge in [0.25, 0.3) is 0 Å². The number of nitrogens with two attached hydrogens (primary N) is 1. The number of hydrogen-bond donors (Lipinski definition) is 1. The van der Waals surface area contributed by atoms with Crippen molar-refractivity contribution in [2.75, 3.05) is 0 Å². The molecule has 2 N–H and O–H groups in total. The highest BCUT2D eigenvalue weighted by atomic mass is 19.1. The molecule has 0 atom stereocenters. The van der Waals surface area contributed by atoms with Gasteiger partial charge in [-0.25, -0.2) is 4.39 Å². The average Bonchev–Trinajstić information content (AvgIpc) is 2.03. The van der Waals surface area contributed by atoms with Crippen LogP contribution in [0.25, 0.3) is 0 Å². The lowest BCUT2D eigenvalue weighted by atomic mass is 9.82. The maximum absolute atomic E-state index is 13.7. The molecule has 82 valence electrons. The topological polar surface area (TPSA) is 38.9 Å². The van der Waals surface area contributed by atoms with Gasteiger partial charge in [0.2, 0.25) is 0 Å².